The van der Waals surface area contributed by atoms with E-state index in [2.05, 4.69) is 14.7 Å². The SMILES string of the molecule is O=C(Cc1nc(CSc2cccc(Cl)c2)no1)C(F)(F)F. The fourth-order valence-electron chi connectivity index (χ4n) is 1.36. The van der Waals surface area contributed by atoms with Gasteiger partial charge in [-0.1, -0.05) is 22.8 Å². The summed E-state index contributed by atoms with van der Waals surface area (Å²) in [6.45, 7) is 0. The predicted molar refractivity (Wildman–Crippen MR) is 70.1 cm³/mol. The standard InChI is InChI=1S/C12H8ClF3N2O2S/c13-7-2-1-3-8(4-7)21-6-10-17-11(20-18-10)5-9(19)12(14,15)16/h1-4H,5-6H2. The van der Waals surface area contributed by atoms with E-state index in [0.29, 0.717) is 10.8 Å². The van der Waals surface area contributed by atoms with Crippen LogP contribution in [0.2, 0.25) is 5.02 Å². The lowest BCUT2D eigenvalue weighted by Gasteiger charge is -2.00. The molecule has 0 saturated carbocycles. The molecule has 0 N–H and O–H groups in total. The summed E-state index contributed by atoms with van der Waals surface area (Å²) in [5, 5.41) is 4.10. The Morgan fingerprint density at radius 1 is 1.38 bits per heavy atom. The first-order chi connectivity index (χ1) is 9.84. The summed E-state index contributed by atoms with van der Waals surface area (Å²) in [7, 11) is 0. The molecular weight excluding hydrogens is 329 g/mol. The third-order valence-corrected chi connectivity index (χ3v) is 3.53. The summed E-state index contributed by atoms with van der Waals surface area (Å²) in [6, 6.07) is 7.06. The number of ketones is 1. The zero-order valence-electron chi connectivity index (χ0n) is 10.4. The van der Waals surface area contributed by atoms with Gasteiger partial charge in [-0.2, -0.15) is 18.2 Å². The number of benzene rings is 1. The van der Waals surface area contributed by atoms with Crippen LogP contribution in [0.15, 0.2) is 33.7 Å². The summed E-state index contributed by atoms with van der Waals surface area (Å²) in [5.41, 5.74) is 0. The van der Waals surface area contributed by atoms with Crippen molar-refractivity contribution in [2.75, 3.05) is 0 Å². The van der Waals surface area contributed by atoms with Crippen molar-refractivity contribution in [2.24, 2.45) is 0 Å². The second kappa shape index (κ2) is 6.48. The van der Waals surface area contributed by atoms with Crippen LogP contribution in [0.5, 0.6) is 0 Å². The zero-order valence-corrected chi connectivity index (χ0v) is 11.9. The molecule has 0 atom stereocenters. The number of Topliss-reactive ketones (excluding diaryl/α,β-unsaturated/α-hetero) is 1. The van der Waals surface area contributed by atoms with Gasteiger partial charge in [0.1, 0.15) is 0 Å². The molecule has 4 nitrogen and oxygen atoms in total. The van der Waals surface area contributed by atoms with Gasteiger partial charge in [-0.05, 0) is 18.2 Å². The number of rotatable bonds is 5. The monoisotopic (exact) mass is 336 g/mol. The second-order valence-corrected chi connectivity index (χ2v) is 5.43. The van der Waals surface area contributed by atoms with Crippen LogP contribution in [0.4, 0.5) is 13.2 Å². The van der Waals surface area contributed by atoms with E-state index in [-0.39, 0.29) is 11.7 Å². The molecule has 0 unspecified atom stereocenters. The minimum absolute atomic E-state index is 0.213. The van der Waals surface area contributed by atoms with Crippen molar-refractivity contribution in [3.05, 3.63) is 41.0 Å². The molecule has 0 spiro atoms. The van der Waals surface area contributed by atoms with Crippen LogP contribution in [0.1, 0.15) is 11.7 Å². The normalized spacial score (nSPS) is 11.6. The smallest absolute Gasteiger partial charge is 0.339 e. The molecule has 0 aliphatic heterocycles. The average molecular weight is 337 g/mol. The molecule has 0 aliphatic carbocycles. The number of thioether (sulfide) groups is 1. The molecule has 2 aromatic rings. The van der Waals surface area contributed by atoms with Crippen LogP contribution in [0.3, 0.4) is 0 Å². The van der Waals surface area contributed by atoms with Crippen molar-refractivity contribution in [1.82, 2.24) is 10.1 Å². The van der Waals surface area contributed by atoms with Gasteiger partial charge in [0.2, 0.25) is 11.7 Å². The van der Waals surface area contributed by atoms with Crippen molar-refractivity contribution in [3.8, 4) is 0 Å². The Morgan fingerprint density at radius 2 is 2.14 bits per heavy atom. The first kappa shape index (κ1) is 15.8. The van der Waals surface area contributed by atoms with Gasteiger partial charge in [0.25, 0.3) is 0 Å². The molecule has 2 rings (SSSR count). The third kappa shape index (κ3) is 4.75. The highest BCUT2D eigenvalue weighted by molar-refractivity contribution is 7.98. The van der Waals surface area contributed by atoms with Crippen LogP contribution < -0.4 is 0 Å². The molecule has 0 amide bonds. The van der Waals surface area contributed by atoms with E-state index < -0.39 is 18.4 Å². The summed E-state index contributed by atoms with van der Waals surface area (Å²) >= 11 is 7.17. The van der Waals surface area contributed by atoms with E-state index in [0.717, 1.165) is 4.90 Å². The number of halogens is 4. The van der Waals surface area contributed by atoms with Crippen molar-refractivity contribution in [3.63, 3.8) is 0 Å². The Kier molecular flexibility index (Phi) is 4.89. The van der Waals surface area contributed by atoms with Gasteiger partial charge < -0.3 is 4.52 Å². The molecule has 0 aliphatic rings. The molecule has 1 aromatic carbocycles. The lowest BCUT2D eigenvalue weighted by Crippen LogP contribution is -2.24. The van der Waals surface area contributed by atoms with Crippen LogP contribution in [-0.4, -0.2) is 22.1 Å². The van der Waals surface area contributed by atoms with Gasteiger partial charge in [-0.25, -0.2) is 0 Å². The molecule has 1 heterocycles. The topological polar surface area (TPSA) is 56.0 Å². The zero-order chi connectivity index (χ0) is 15.5. The summed E-state index contributed by atoms with van der Waals surface area (Å²) in [6.07, 6.45) is -5.84. The van der Waals surface area contributed by atoms with Gasteiger partial charge in [-0.3, -0.25) is 4.79 Å². The molecule has 0 bridgehead atoms. The van der Waals surface area contributed by atoms with Crippen LogP contribution in [0.25, 0.3) is 0 Å². The van der Waals surface area contributed by atoms with E-state index in [1.54, 1.807) is 18.2 Å². The minimum Gasteiger partial charge on any atom is -0.339 e. The molecule has 0 saturated heterocycles. The van der Waals surface area contributed by atoms with Gasteiger partial charge in [0.05, 0.1) is 12.2 Å². The van der Waals surface area contributed by atoms with Crippen molar-refractivity contribution < 1.29 is 22.5 Å². The van der Waals surface area contributed by atoms with Crippen molar-refractivity contribution in [2.45, 2.75) is 23.2 Å². The Hall–Kier alpha value is -1.54. The molecule has 9 heteroatoms. The second-order valence-electron chi connectivity index (χ2n) is 3.95. The van der Waals surface area contributed by atoms with E-state index in [1.165, 1.54) is 11.8 Å². The van der Waals surface area contributed by atoms with Gasteiger partial charge in [0.15, 0.2) is 5.82 Å². The quantitative estimate of drug-likeness (QED) is 0.779. The van der Waals surface area contributed by atoms with Crippen LogP contribution >= 0.6 is 23.4 Å². The summed E-state index contributed by atoms with van der Waals surface area (Å²) in [4.78, 5) is 15.4. The van der Waals surface area contributed by atoms with Crippen molar-refractivity contribution >= 4 is 29.1 Å². The fourth-order valence-corrected chi connectivity index (χ4v) is 2.42. The number of alkyl halides is 3. The van der Waals surface area contributed by atoms with E-state index >= 15 is 0 Å². The summed E-state index contributed by atoms with van der Waals surface area (Å²) < 4.78 is 40.9. The number of carbonyl (C=O) groups is 1. The fraction of sp³-hybridized carbons (Fsp3) is 0.250. The molecule has 0 fully saturated rings. The number of nitrogens with zero attached hydrogens (tertiary/aromatic N) is 2. The average Bonchev–Trinajstić information content (AvgIpc) is 2.83. The maximum absolute atomic E-state index is 12.1. The maximum Gasteiger partial charge on any atom is 0.450 e. The Morgan fingerprint density at radius 3 is 2.81 bits per heavy atom. The number of hydrogen-bond donors (Lipinski definition) is 0. The Balaban J connectivity index is 1.93. The van der Waals surface area contributed by atoms with Crippen molar-refractivity contribution in [1.29, 1.82) is 0 Å². The lowest BCUT2D eigenvalue weighted by molar-refractivity contribution is -0.170. The molecule has 1 aromatic heterocycles. The number of carbonyl (C=O) groups excluding carboxylic acids is 1. The van der Waals surface area contributed by atoms with E-state index in [1.807, 2.05) is 6.07 Å². The van der Waals surface area contributed by atoms with Gasteiger partial charge in [0, 0.05) is 9.92 Å². The predicted octanol–water partition coefficient (Wildman–Crippen LogP) is 3.69. The molecule has 21 heavy (non-hydrogen) atoms. The molecule has 0 radical (unpaired) electrons. The first-order valence-electron chi connectivity index (χ1n) is 5.64. The maximum atomic E-state index is 12.1. The Labute approximate surface area is 126 Å². The first-order valence-corrected chi connectivity index (χ1v) is 7.01. The van der Waals surface area contributed by atoms with Crippen LogP contribution in [-0.2, 0) is 17.0 Å². The Bertz CT molecular complexity index is 645. The highest BCUT2D eigenvalue weighted by atomic mass is 35.5. The summed E-state index contributed by atoms with van der Waals surface area (Å²) in [5.74, 6) is -1.76. The lowest BCUT2D eigenvalue weighted by atomic mass is 10.3. The van der Waals surface area contributed by atoms with Crippen LogP contribution in [0, 0.1) is 0 Å². The number of hydrogen-bond acceptors (Lipinski definition) is 5. The molecule has 112 valence electrons. The highest BCUT2D eigenvalue weighted by Crippen LogP contribution is 2.24. The van der Waals surface area contributed by atoms with E-state index in [9.17, 15) is 18.0 Å². The van der Waals surface area contributed by atoms with E-state index in [4.69, 9.17) is 11.6 Å². The van der Waals surface area contributed by atoms with Gasteiger partial charge >= 0.3 is 6.18 Å². The third-order valence-electron chi connectivity index (χ3n) is 2.30. The number of aromatic nitrogens is 2. The van der Waals surface area contributed by atoms with Gasteiger partial charge in [-0.15, -0.1) is 11.8 Å². The highest BCUT2D eigenvalue weighted by Gasteiger charge is 2.39. The molecular formula is C12H8ClF3N2O2S. The minimum atomic E-state index is -4.90. The largest absolute Gasteiger partial charge is 0.450 e.